The molecule has 1 aliphatic rings. The Balaban J connectivity index is 1.30. The Labute approximate surface area is 190 Å². The second-order valence-electron chi connectivity index (χ2n) is 7.31. The second-order valence-corrected chi connectivity index (χ2v) is 7.31. The van der Waals surface area contributed by atoms with Gasteiger partial charge < -0.3 is 18.9 Å². The molecule has 3 aromatic carbocycles. The van der Waals surface area contributed by atoms with Crippen molar-refractivity contribution in [3.05, 3.63) is 82.9 Å². The molecule has 33 heavy (non-hydrogen) atoms. The number of hydrogen-bond donors (Lipinski definition) is 1. The van der Waals surface area contributed by atoms with Crippen LogP contribution in [0.4, 0.5) is 0 Å². The van der Waals surface area contributed by atoms with Crippen LogP contribution in [0.25, 0.3) is 0 Å². The molecule has 0 bridgehead atoms. The molecule has 0 spiro atoms. The van der Waals surface area contributed by atoms with E-state index in [9.17, 15) is 9.59 Å². The zero-order valence-electron chi connectivity index (χ0n) is 18.2. The van der Waals surface area contributed by atoms with Gasteiger partial charge in [0.1, 0.15) is 11.5 Å². The summed E-state index contributed by atoms with van der Waals surface area (Å²) in [5.74, 6) is 1.17. The third kappa shape index (κ3) is 5.48. The Morgan fingerprint density at radius 2 is 1.85 bits per heavy atom. The molecule has 0 atom stereocenters. The van der Waals surface area contributed by atoms with Crippen LogP contribution in [0.3, 0.4) is 0 Å². The number of hydrazone groups is 1. The maximum atomic E-state index is 12.4. The van der Waals surface area contributed by atoms with E-state index >= 15 is 0 Å². The summed E-state index contributed by atoms with van der Waals surface area (Å²) in [6.45, 7) is 3.89. The van der Waals surface area contributed by atoms with Crippen molar-refractivity contribution in [3.8, 4) is 23.0 Å². The molecule has 1 N–H and O–H groups in total. The van der Waals surface area contributed by atoms with E-state index in [-0.39, 0.29) is 13.4 Å². The van der Waals surface area contributed by atoms with Crippen molar-refractivity contribution in [2.24, 2.45) is 5.10 Å². The van der Waals surface area contributed by atoms with Crippen LogP contribution in [0.1, 0.15) is 27.0 Å². The summed E-state index contributed by atoms with van der Waals surface area (Å²) in [5.41, 5.74) is 5.47. The Morgan fingerprint density at radius 1 is 1.03 bits per heavy atom. The van der Waals surface area contributed by atoms with Crippen LogP contribution in [-0.4, -0.2) is 31.5 Å². The normalized spacial score (nSPS) is 11.9. The molecule has 0 fully saturated rings. The molecule has 1 amide bonds. The highest BCUT2D eigenvalue weighted by atomic mass is 16.7. The van der Waals surface area contributed by atoms with E-state index in [2.05, 4.69) is 10.5 Å². The van der Waals surface area contributed by atoms with Gasteiger partial charge in [-0.25, -0.2) is 10.2 Å². The number of nitrogens with zero attached hydrogens (tertiary/aromatic N) is 1. The van der Waals surface area contributed by atoms with Crippen molar-refractivity contribution >= 4 is 18.1 Å². The number of ether oxygens (including phenoxy) is 4. The summed E-state index contributed by atoms with van der Waals surface area (Å²) < 4.78 is 21.5. The molecular formula is C25H22N2O6. The standard InChI is InChI=1S/C25H22N2O6/c1-16-5-3-8-21(17(16)2)30-14-24(28)27-26-13-18-6-4-7-20(11-18)33-25(29)19-9-10-22-23(12-19)32-15-31-22/h3-13H,14-15H2,1-2H3,(H,27,28)/b26-13+. The number of aryl methyl sites for hydroxylation is 1. The minimum absolute atomic E-state index is 0.128. The molecule has 0 saturated carbocycles. The first-order valence-electron chi connectivity index (χ1n) is 10.2. The quantitative estimate of drug-likeness (QED) is 0.257. The minimum atomic E-state index is -0.528. The van der Waals surface area contributed by atoms with E-state index in [4.69, 9.17) is 18.9 Å². The Hall–Kier alpha value is -4.33. The lowest BCUT2D eigenvalue weighted by Crippen LogP contribution is -2.24. The van der Waals surface area contributed by atoms with Gasteiger partial charge in [-0.3, -0.25) is 4.79 Å². The number of carbonyl (C=O) groups excluding carboxylic acids is 2. The van der Waals surface area contributed by atoms with Crippen molar-refractivity contribution in [2.75, 3.05) is 13.4 Å². The van der Waals surface area contributed by atoms with Gasteiger partial charge in [0.15, 0.2) is 18.1 Å². The Morgan fingerprint density at radius 3 is 2.73 bits per heavy atom. The molecule has 8 heteroatoms. The van der Waals surface area contributed by atoms with Gasteiger partial charge in [0.2, 0.25) is 6.79 Å². The summed E-state index contributed by atoms with van der Waals surface area (Å²) in [6.07, 6.45) is 1.45. The molecule has 0 unspecified atom stereocenters. The molecular weight excluding hydrogens is 424 g/mol. The maximum absolute atomic E-state index is 12.4. The van der Waals surface area contributed by atoms with Crippen molar-refractivity contribution in [2.45, 2.75) is 13.8 Å². The Bertz CT molecular complexity index is 1220. The fourth-order valence-electron chi connectivity index (χ4n) is 3.08. The van der Waals surface area contributed by atoms with Crippen molar-refractivity contribution in [3.63, 3.8) is 0 Å². The molecule has 1 heterocycles. The minimum Gasteiger partial charge on any atom is -0.483 e. The van der Waals surface area contributed by atoms with Crippen molar-refractivity contribution in [1.82, 2.24) is 5.43 Å². The van der Waals surface area contributed by atoms with Crippen molar-refractivity contribution in [1.29, 1.82) is 0 Å². The van der Waals surface area contributed by atoms with Crippen molar-refractivity contribution < 1.29 is 28.5 Å². The molecule has 0 saturated heterocycles. The van der Waals surface area contributed by atoms with E-state index < -0.39 is 11.9 Å². The van der Waals surface area contributed by atoms with Gasteiger partial charge >= 0.3 is 5.97 Å². The van der Waals surface area contributed by atoms with Crippen LogP contribution in [0, 0.1) is 13.8 Å². The monoisotopic (exact) mass is 446 g/mol. The van der Waals surface area contributed by atoms with E-state index in [0.717, 1.165) is 11.1 Å². The highest BCUT2D eigenvalue weighted by Crippen LogP contribution is 2.32. The molecule has 1 aliphatic heterocycles. The number of nitrogens with one attached hydrogen (secondary N) is 1. The maximum Gasteiger partial charge on any atom is 0.343 e. The lowest BCUT2D eigenvalue weighted by atomic mass is 10.1. The van der Waals surface area contributed by atoms with Gasteiger partial charge in [-0.15, -0.1) is 0 Å². The number of amides is 1. The van der Waals surface area contributed by atoms with Crippen LogP contribution in [0.15, 0.2) is 65.8 Å². The number of esters is 1. The molecule has 0 radical (unpaired) electrons. The van der Waals surface area contributed by atoms with E-state index in [1.54, 1.807) is 42.5 Å². The number of benzene rings is 3. The number of fused-ring (bicyclic) bond motifs is 1. The smallest absolute Gasteiger partial charge is 0.343 e. The number of rotatable bonds is 7. The molecule has 8 nitrogen and oxygen atoms in total. The van der Waals surface area contributed by atoms with E-state index in [0.29, 0.717) is 34.1 Å². The average Bonchev–Trinajstić information content (AvgIpc) is 3.28. The molecule has 0 aromatic heterocycles. The van der Waals surface area contributed by atoms with E-state index in [1.807, 2.05) is 32.0 Å². The van der Waals surface area contributed by atoms with Gasteiger partial charge in [-0.05, 0) is 66.9 Å². The third-order valence-corrected chi connectivity index (χ3v) is 4.99. The van der Waals surface area contributed by atoms with E-state index in [1.165, 1.54) is 6.21 Å². The van der Waals surface area contributed by atoms with Gasteiger partial charge in [-0.1, -0.05) is 24.3 Å². The highest BCUT2D eigenvalue weighted by Gasteiger charge is 2.17. The predicted molar refractivity (Wildman–Crippen MR) is 121 cm³/mol. The molecule has 168 valence electrons. The highest BCUT2D eigenvalue weighted by molar-refractivity contribution is 5.92. The largest absolute Gasteiger partial charge is 0.483 e. The van der Waals surface area contributed by atoms with Crippen LogP contribution in [0.5, 0.6) is 23.0 Å². The first kappa shape index (κ1) is 21.9. The summed E-state index contributed by atoms with van der Waals surface area (Å²) in [6, 6.07) is 17.3. The average molecular weight is 446 g/mol. The van der Waals surface area contributed by atoms with Gasteiger partial charge in [0.25, 0.3) is 5.91 Å². The zero-order chi connectivity index (χ0) is 23.2. The lowest BCUT2D eigenvalue weighted by molar-refractivity contribution is -0.123. The zero-order valence-corrected chi connectivity index (χ0v) is 18.2. The fraction of sp³-hybridized carbons (Fsp3) is 0.160. The number of carbonyl (C=O) groups is 2. The lowest BCUT2D eigenvalue weighted by Gasteiger charge is -2.09. The summed E-state index contributed by atoms with van der Waals surface area (Å²) in [4.78, 5) is 24.5. The molecule has 3 aromatic rings. The predicted octanol–water partition coefficient (Wildman–Crippen LogP) is 3.78. The fourth-order valence-corrected chi connectivity index (χ4v) is 3.08. The SMILES string of the molecule is Cc1cccc(OCC(=O)N/N=C/c2cccc(OC(=O)c3ccc4c(c3)OCO4)c2)c1C. The van der Waals surface area contributed by atoms with Gasteiger partial charge in [0.05, 0.1) is 11.8 Å². The van der Waals surface area contributed by atoms with Crippen LogP contribution < -0.4 is 24.4 Å². The van der Waals surface area contributed by atoms with Crippen LogP contribution in [0.2, 0.25) is 0 Å². The van der Waals surface area contributed by atoms with Crippen LogP contribution >= 0.6 is 0 Å². The summed E-state index contributed by atoms with van der Waals surface area (Å²) in [7, 11) is 0. The third-order valence-electron chi connectivity index (χ3n) is 4.99. The van der Waals surface area contributed by atoms with Gasteiger partial charge in [-0.2, -0.15) is 5.10 Å². The summed E-state index contributed by atoms with van der Waals surface area (Å²) in [5, 5.41) is 3.94. The van der Waals surface area contributed by atoms with Crippen LogP contribution in [-0.2, 0) is 4.79 Å². The molecule has 0 aliphatic carbocycles. The first-order chi connectivity index (χ1) is 16.0. The second kappa shape index (κ2) is 9.86. The number of hydrogen-bond acceptors (Lipinski definition) is 7. The first-order valence-corrected chi connectivity index (χ1v) is 10.2. The Kier molecular flexibility index (Phi) is 6.54. The molecule has 4 rings (SSSR count). The van der Waals surface area contributed by atoms with Gasteiger partial charge in [0, 0.05) is 0 Å². The summed E-state index contributed by atoms with van der Waals surface area (Å²) >= 11 is 0. The topological polar surface area (TPSA) is 95.5 Å².